The first-order valence-corrected chi connectivity index (χ1v) is 12.0. The third-order valence-electron chi connectivity index (χ3n) is 7.29. The molecule has 3 atom stereocenters. The van der Waals surface area contributed by atoms with Crippen molar-refractivity contribution in [2.24, 2.45) is 5.92 Å². The third-order valence-corrected chi connectivity index (χ3v) is 7.29. The first kappa shape index (κ1) is 22.6. The van der Waals surface area contributed by atoms with E-state index in [0.717, 1.165) is 36.8 Å². The van der Waals surface area contributed by atoms with E-state index in [1.807, 2.05) is 42.2 Å². The van der Waals surface area contributed by atoms with E-state index in [4.69, 9.17) is 14.2 Å². The van der Waals surface area contributed by atoms with Gasteiger partial charge in [0.05, 0.1) is 18.2 Å². The fourth-order valence-electron chi connectivity index (χ4n) is 5.61. The van der Waals surface area contributed by atoms with Crippen LogP contribution in [0.4, 0.5) is 0 Å². The van der Waals surface area contributed by atoms with E-state index in [1.54, 1.807) is 18.2 Å². The second-order valence-corrected chi connectivity index (χ2v) is 9.29. The Morgan fingerprint density at radius 1 is 1.18 bits per heavy atom. The van der Waals surface area contributed by atoms with Gasteiger partial charge in [0.25, 0.3) is 0 Å². The molecule has 2 aliphatic heterocycles. The summed E-state index contributed by atoms with van der Waals surface area (Å²) >= 11 is 0. The van der Waals surface area contributed by atoms with Crippen LogP contribution in [0, 0.1) is 5.92 Å². The maximum absolute atomic E-state index is 13.5. The van der Waals surface area contributed by atoms with Crippen molar-refractivity contribution >= 4 is 12.0 Å². The number of carbonyl (C=O) groups excluding carboxylic acids is 1. The Kier molecular flexibility index (Phi) is 6.13. The second kappa shape index (κ2) is 9.22. The number of hydrogen-bond acceptors (Lipinski definition) is 6. The van der Waals surface area contributed by atoms with E-state index in [-0.39, 0.29) is 30.4 Å². The van der Waals surface area contributed by atoms with Crippen LogP contribution < -0.4 is 14.2 Å². The molecular formula is C27H31NO6. The Morgan fingerprint density at radius 2 is 2.03 bits per heavy atom. The standard InChI is InChI=1S/C27H31NO6/c1-2-32-23-16-19(8-9-21(23)29)26-20-5-3-4-12-27(20,31)13-14-28(26)25(30)11-7-18-6-10-22-24(15-18)34-17-33-22/h6-11,15-16,20,26,29,31H,2-5,12-14,17H2,1H3/b11-7+. The molecule has 34 heavy (non-hydrogen) atoms. The molecule has 2 fully saturated rings. The van der Waals surface area contributed by atoms with Crippen LogP contribution >= 0.6 is 0 Å². The van der Waals surface area contributed by atoms with Gasteiger partial charge in [0.15, 0.2) is 23.0 Å². The van der Waals surface area contributed by atoms with Gasteiger partial charge in [-0.15, -0.1) is 0 Å². The van der Waals surface area contributed by atoms with E-state index in [1.165, 1.54) is 0 Å². The van der Waals surface area contributed by atoms with Crippen LogP contribution in [0.15, 0.2) is 42.5 Å². The van der Waals surface area contributed by atoms with Crippen molar-refractivity contribution in [1.29, 1.82) is 0 Å². The summed E-state index contributed by atoms with van der Waals surface area (Å²) in [5, 5.41) is 21.7. The van der Waals surface area contributed by atoms with Gasteiger partial charge in [0, 0.05) is 18.5 Å². The van der Waals surface area contributed by atoms with Gasteiger partial charge in [-0.1, -0.05) is 25.0 Å². The number of phenols is 1. The maximum atomic E-state index is 13.5. The highest BCUT2D eigenvalue weighted by molar-refractivity contribution is 5.92. The zero-order valence-electron chi connectivity index (χ0n) is 19.4. The number of aliphatic hydroxyl groups is 1. The molecule has 7 nitrogen and oxygen atoms in total. The molecule has 3 unspecified atom stereocenters. The van der Waals surface area contributed by atoms with Crippen LogP contribution in [0.1, 0.15) is 56.2 Å². The van der Waals surface area contributed by atoms with E-state index < -0.39 is 5.60 Å². The molecule has 2 heterocycles. The van der Waals surface area contributed by atoms with E-state index in [2.05, 4.69) is 0 Å². The van der Waals surface area contributed by atoms with Crippen molar-refractivity contribution < 1.29 is 29.2 Å². The van der Waals surface area contributed by atoms with Crippen molar-refractivity contribution in [2.75, 3.05) is 19.9 Å². The van der Waals surface area contributed by atoms with Crippen molar-refractivity contribution in [3.05, 3.63) is 53.6 Å². The molecule has 2 aromatic rings. The van der Waals surface area contributed by atoms with Gasteiger partial charge in [0.2, 0.25) is 12.7 Å². The van der Waals surface area contributed by atoms with Gasteiger partial charge >= 0.3 is 0 Å². The molecule has 1 aliphatic carbocycles. The Labute approximate surface area is 199 Å². The average Bonchev–Trinajstić information content (AvgIpc) is 3.31. The van der Waals surface area contributed by atoms with Crippen LogP contribution in [0.2, 0.25) is 0 Å². The zero-order chi connectivity index (χ0) is 23.7. The molecule has 0 radical (unpaired) electrons. The lowest BCUT2D eigenvalue weighted by molar-refractivity contribution is -0.150. The molecule has 1 saturated heterocycles. The molecule has 7 heteroatoms. The average molecular weight is 466 g/mol. The van der Waals surface area contributed by atoms with Gasteiger partial charge in [-0.25, -0.2) is 0 Å². The summed E-state index contributed by atoms with van der Waals surface area (Å²) in [5.74, 6) is 1.66. The molecule has 1 amide bonds. The number of ether oxygens (including phenoxy) is 3. The number of likely N-dealkylation sites (tertiary alicyclic amines) is 1. The Balaban J connectivity index is 1.46. The molecule has 1 saturated carbocycles. The van der Waals surface area contributed by atoms with Crippen LogP contribution in [0.25, 0.3) is 6.08 Å². The topological polar surface area (TPSA) is 88.5 Å². The third kappa shape index (κ3) is 4.20. The van der Waals surface area contributed by atoms with Gasteiger partial charge in [-0.2, -0.15) is 0 Å². The van der Waals surface area contributed by atoms with Crippen molar-refractivity contribution in [3.8, 4) is 23.0 Å². The molecule has 0 bridgehead atoms. The fraction of sp³-hybridized carbons (Fsp3) is 0.444. The molecule has 2 N–H and O–H groups in total. The van der Waals surface area contributed by atoms with Gasteiger partial charge in [0.1, 0.15) is 0 Å². The number of phenolic OH excluding ortho intramolecular Hbond substituents is 1. The quantitative estimate of drug-likeness (QED) is 0.636. The lowest BCUT2D eigenvalue weighted by Gasteiger charge is -2.52. The first-order valence-electron chi connectivity index (χ1n) is 12.0. The van der Waals surface area contributed by atoms with Crippen molar-refractivity contribution in [3.63, 3.8) is 0 Å². The summed E-state index contributed by atoms with van der Waals surface area (Å²) in [5.41, 5.74) is 0.935. The van der Waals surface area contributed by atoms with Crippen LogP contribution in [0.5, 0.6) is 23.0 Å². The van der Waals surface area contributed by atoms with Crippen molar-refractivity contribution in [2.45, 2.75) is 50.7 Å². The lowest BCUT2D eigenvalue weighted by Crippen LogP contribution is -2.56. The molecule has 0 aromatic heterocycles. The summed E-state index contributed by atoms with van der Waals surface area (Å²) in [4.78, 5) is 15.3. The fourth-order valence-corrected chi connectivity index (χ4v) is 5.61. The summed E-state index contributed by atoms with van der Waals surface area (Å²) in [7, 11) is 0. The van der Waals surface area contributed by atoms with Gasteiger partial charge in [-0.3, -0.25) is 4.79 Å². The number of rotatable bonds is 5. The summed E-state index contributed by atoms with van der Waals surface area (Å²) < 4.78 is 16.4. The van der Waals surface area contributed by atoms with Crippen molar-refractivity contribution in [1.82, 2.24) is 4.90 Å². The number of fused-ring (bicyclic) bond motifs is 2. The Morgan fingerprint density at radius 3 is 2.88 bits per heavy atom. The number of amides is 1. The highest BCUT2D eigenvalue weighted by Gasteiger charge is 2.50. The monoisotopic (exact) mass is 465 g/mol. The predicted molar refractivity (Wildman–Crippen MR) is 127 cm³/mol. The van der Waals surface area contributed by atoms with Gasteiger partial charge in [-0.05, 0) is 67.7 Å². The number of piperidine rings is 1. The number of carbonyl (C=O) groups is 1. The number of aromatic hydroxyl groups is 1. The molecule has 2 aromatic carbocycles. The normalized spacial score (nSPS) is 25.9. The van der Waals surface area contributed by atoms with E-state index >= 15 is 0 Å². The zero-order valence-corrected chi connectivity index (χ0v) is 19.4. The first-order chi connectivity index (χ1) is 16.5. The van der Waals surface area contributed by atoms with Crippen LogP contribution in [0.3, 0.4) is 0 Å². The van der Waals surface area contributed by atoms with E-state index in [0.29, 0.717) is 36.8 Å². The lowest BCUT2D eigenvalue weighted by atomic mass is 9.66. The highest BCUT2D eigenvalue weighted by atomic mass is 16.7. The second-order valence-electron chi connectivity index (χ2n) is 9.29. The molecular weight excluding hydrogens is 434 g/mol. The molecule has 3 aliphatic rings. The minimum atomic E-state index is -0.787. The van der Waals surface area contributed by atoms with E-state index in [9.17, 15) is 15.0 Å². The minimum absolute atomic E-state index is 0.0703. The molecule has 5 rings (SSSR count). The van der Waals surface area contributed by atoms with Gasteiger partial charge < -0.3 is 29.3 Å². The number of hydrogen-bond donors (Lipinski definition) is 2. The van der Waals surface area contributed by atoms with Crippen LogP contribution in [-0.2, 0) is 4.79 Å². The predicted octanol–water partition coefficient (Wildman–Crippen LogP) is 4.43. The molecule has 180 valence electrons. The summed E-state index contributed by atoms with van der Waals surface area (Å²) in [6.45, 7) is 2.96. The van der Waals surface area contributed by atoms with Crippen LogP contribution in [-0.4, -0.2) is 46.6 Å². The molecule has 0 spiro atoms. The summed E-state index contributed by atoms with van der Waals surface area (Å²) in [6, 6.07) is 10.5. The Bertz CT molecular complexity index is 1100. The minimum Gasteiger partial charge on any atom is -0.504 e. The Hall–Kier alpha value is -3.19. The smallest absolute Gasteiger partial charge is 0.247 e. The largest absolute Gasteiger partial charge is 0.504 e. The maximum Gasteiger partial charge on any atom is 0.247 e. The highest BCUT2D eigenvalue weighted by Crippen LogP contribution is 2.50. The summed E-state index contributed by atoms with van der Waals surface area (Å²) in [6.07, 6.45) is 7.55. The number of nitrogens with zero attached hydrogens (tertiary/aromatic N) is 1. The number of benzene rings is 2. The SMILES string of the molecule is CCOc1cc(C2C3CCCCC3(O)CCN2C(=O)/C=C/c2ccc3c(c2)OCO3)ccc1O.